The average molecular weight is 361 g/mol. The number of benzene rings is 2. The highest BCUT2D eigenvalue weighted by Crippen LogP contribution is 2.46. The van der Waals surface area contributed by atoms with Crippen molar-refractivity contribution in [3.63, 3.8) is 0 Å². The molecule has 5 rings (SSSR count). The highest BCUT2D eigenvalue weighted by molar-refractivity contribution is 6.02. The molecule has 2 heterocycles. The molecule has 1 aliphatic carbocycles. The number of carbonyl (C=O) groups excluding carboxylic acids is 1. The Balaban J connectivity index is 1.26. The van der Waals surface area contributed by atoms with Gasteiger partial charge in [0.15, 0.2) is 5.78 Å². The molecule has 140 valence electrons. The molecule has 1 spiro atoms. The van der Waals surface area contributed by atoms with Crippen LogP contribution < -0.4 is 5.32 Å². The highest BCUT2D eigenvalue weighted by Gasteiger charge is 2.45. The zero-order valence-corrected chi connectivity index (χ0v) is 15.9. The van der Waals surface area contributed by atoms with Crippen LogP contribution in [0.5, 0.6) is 0 Å². The Morgan fingerprint density at radius 2 is 1.70 bits per heavy atom. The third-order valence-corrected chi connectivity index (χ3v) is 7.17. The molecule has 2 atom stereocenters. The number of carbonyl (C=O) groups is 1. The number of fused-ring (bicyclic) bond motifs is 2. The van der Waals surface area contributed by atoms with E-state index in [9.17, 15) is 4.79 Å². The van der Waals surface area contributed by atoms with Crippen LogP contribution in [0.15, 0.2) is 54.6 Å². The van der Waals surface area contributed by atoms with Gasteiger partial charge in [0.25, 0.3) is 0 Å². The van der Waals surface area contributed by atoms with Crippen molar-refractivity contribution in [3.8, 4) is 0 Å². The van der Waals surface area contributed by atoms with Gasteiger partial charge in [-0.15, -0.1) is 0 Å². The van der Waals surface area contributed by atoms with Crippen LogP contribution in [-0.4, -0.2) is 43.4 Å². The summed E-state index contributed by atoms with van der Waals surface area (Å²) in [5.41, 5.74) is 3.88. The van der Waals surface area contributed by atoms with Gasteiger partial charge in [-0.25, -0.2) is 0 Å². The van der Waals surface area contributed by atoms with E-state index >= 15 is 0 Å². The fraction of sp³-hybridized carbons (Fsp3) is 0.458. The van der Waals surface area contributed by atoms with E-state index < -0.39 is 0 Å². The van der Waals surface area contributed by atoms with Crippen molar-refractivity contribution in [2.75, 3.05) is 32.7 Å². The number of Topliss-reactive ketones (excluding diaryl/α,β-unsaturated/α-hetero) is 1. The fourth-order valence-electron chi connectivity index (χ4n) is 5.64. The van der Waals surface area contributed by atoms with Crippen molar-refractivity contribution in [1.82, 2.24) is 10.2 Å². The fourth-order valence-corrected chi connectivity index (χ4v) is 5.64. The van der Waals surface area contributed by atoms with Crippen LogP contribution in [0, 0.1) is 5.92 Å². The summed E-state index contributed by atoms with van der Waals surface area (Å²) in [6.45, 7) is 5.59. The molecule has 2 fully saturated rings. The second-order valence-electron chi connectivity index (χ2n) is 8.66. The van der Waals surface area contributed by atoms with Gasteiger partial charge in [0.2, 0.25) is 0 Å². The maximum absolute atomic E-state index is 12.5. The number of nitrogens with zero attached hydrogens (tertiary/aromatic N) is 1. The predicted octanol–water partition coefficient (Wildman–Crippen LogP) is 3.61. The Morgan fingerprint density at radius 1 is 0.963 bits per heavy atom. The van der Waals surface area contributed by atoms with E-state index in [2.05, 4.69) is 52.7 Å². The smallest absolute Gasteiger partial charge is 0.164 e. The zero-order valence-electron chi connectivity index (χ0n) is 15.9. The van der Waals surface area contributed by atoms with Gasteiger partial charge in [0, 0.05) is 36.4 Å². The Morgan fingerprint density at radius 3 is 2.52 bits per heavy atom. The van der Waals surface area contributed by atoms with Crippen molar-refractivity contribution in [2.24, 2.45) is 5.92 Å². The highest BCUT2D eigenvalue weighted by atomic mass is 16.1. The molecule has 3 heteroatoms. The number of rotatable bonds is 3. The molecule has 2 aromatic carbocycles. The predicted molar refractivity (Wildman–Crippen MR) is 108 cm³/mol. The largest absolute Gasteiger partial charge is 0.316 e. The van der Waals surface area contributed by atoms with Gasteiger partial charge in [0.05, 0.1) is 0 Å². The van der Waals surface area contributed by atoms with Gasteiger partial charge in [-0.2, -0.15) is 0 Å². The van der Waals surface area contributed by atoms with E-state index in [1.807, 2.05) is 12.1 Å². The summed E-state index contributed by atoms with van der Waals surface area (Å²) in [5.74, 6) is 1.65. The Labute approximate surface area is 161 Å². The Bertz CT molecular complexity index is 823. The third-order valence-electron chi connectivity index (χ3n) is 7.17. The molecule has 3 nitrogen and oxygen atoms in total. The summed E-state index contributed by atoms with van der Waals surface area (Å²) in [4.78, 5) is 15.1. The Hall–Kier alpha value is -1.97. The lowest BCUT2D eigenvalue weighted by Crippen LogP contribution is -2.44. The summed E-state index contributed by atoms with van der Waals surface area (Å²) in [6, 6.07) is 19.3. The van der Waals surface area contributed by atoms with Gasteiger partial charge in [-0.05, 0) is 49.5 Å². The van der Waals surface area contributed by atoms with Crippen molar-refractivity contribution >= 4 is 5.78 Å². The van der Waals surface area contributed by atoms with Crippen LogP contribution in [0.4, 0.5) is 0 Å². The number of nitrogens with one attached hydrogen (secondary N) is 1. The number of hydrogen-bond acceptors (Lipinski definition) is 3. The molecule has 1 N–H and O–H groups in total. The van der Waals surface area contributed by atoms with Crippen molar-refractivity contribution < 1.29 is 4.79 Å². The topological polar surface area (TPSA) is 32.3 Å². The van der Waals surface area contributed by atoms with Gasteiger partial charge in [-0.1, -0.05) is 54.6 Å². The lowest BCUT2D eigenvalue weighted by Gasteiger charge is -2.41. The first-order valence-corrected chi connectivity index (χ1v) is 10.4. The second kappa shape index (κ2) is 6.88. The van der Waals surface area contributed by atoms with E-state index in [1.54, 1.807) is 0 Å². The lowest BCUT2D eigenvalue weighted by atomic mass is 9.73. The lowest BCUT2D eigenvalue weighted by molar-refractivity contribution is 0.0924. The van der Waals surface area contributed by atoms with Crippen LogP contribution >= 0.6 is 0 Å². The molecule has 27 heavy (non-hydrogen) atoms. The van der Waals surface area contributed by atoms with Crippen molar-refractivity contribution in [2.45, 2.75) is 30.6 Å². The summed E-state index contributed by atoms with van der Waals surface area (Å²) >= 11 is 0. The quantitative estimate of drug-likeness (QED) is 0.908. The first-order valence-electron chi connectivity index (χ1n) is 10.4. The first kappa shape index (κ1) is 17.2. The summed E-state index contributed by atoms with van der Waals surface area (Å²) < 4.78 is 0. The summed E-state index contributed by atoms with van der Waals surface area (Å²) in [6.07, 6.45) is 2.95. The summed E-state index contributed by atoms with van der Waals surface area (Å²) in [5, 5.41) is 3.61. The van der Waals surface area contributed by atoms with Gasteiger partial charge < -0.3 is 10.2 Å². The van der Waals surface area contributed by atoms with E-state index in [-0.39, 0.29) is 5.41 Å². The molecule has 3 aliphatic rings. The molecular weight excluding hydrogens is 332 g/mol. The minimum absolute atomic E-state index is 0.108. The van der Waals surface area contributed by atoms with Crippen molar-refractivity contribution in [3.05, 3.63) is 71.3 Å². The molecule has 0 aromatic heterocycles. The standard InChI is InChI=1S/C24H28N2O/c27-23-14-24(22-9-5-4-8-20(22)23)10-12-26(13-11-24)17-19-15-25-16-21(19)18-6-2-1-3-7-18/h1-9,19,21,25H,10-17H2. The minimum Gasteiger partial charge on any atom is -0.316 e. The number of likely N-dealkylation sites (tertiary alicyclic amines) is 1. The molecule has 2 unspecified atom stereocenters. The third kappa shape index (κ3) is 3.03. The molecule has 0 bridgehead atoms. The SMILES string of the molecule is O=C1CC2(CCN(CC3CNCC3c3ccccc3)CC2)c2ccccc21. The normalized spacial score (nSPS) is 27.2. The maximum atomic E-state index is 12.5. The second-order valence-corrected chi connectivity index (χ2v) is 8.66. The van der Waals surface area contributed by atoms with Crippen LogP contribution in [-0.2, 0) is 5.41 Å². The molecule has 0 radical (unpaired) electrons. The zero-order chi connectivity index (χ0) is 18.3. The van der Waals surface area contributed by atoms with Gasteiger partial charge >= 0.3 is 0 Å². The average Bonchev–Trinajstić information content (AvgIpc) is 3.28. The van der Waals surface area contributed by atoms with Crippen LogP contribution in [0.25, 0.3) is 0 Å². The number of ketones is 1. The molecule has 2 saturated heterocycles. The number of hydrogen-bond donors (Lipinski definition) is 1. The van der Waals surface area contributed by atoms with E-state index in [0.29, 0.717) is 17.6 Å². The van der Waals surface area contributed by atoms with Crippen LogP contribution in [0.2, 0.25) is 0 Å². The molecule has 2 aromatic rings. The number of piperidine rings is 1. The van der Waals surface area contributed by atoms with Crippen molar-refractivity contribution in [1.29, 1.82) is 0 Å². The molecule has 0 saturated carbocycles. The minimum atomic E-state index is 0.108. The first-order chi connectivity index (χ1) is 13.3. The summed E-state index contributed by atoms with van der Waals surface area (Å²) in [7, 11) is 0. The van der Waals surface area contributed by atoms with E-state index in [4.69, 9.17) is 0 Å². The van der Waals surface area contributed by atoms with Crippen LogP contribution in [0.3, 0.4) is 0 Å². The van der Waals surface area contributed by atoms with E-state index in [1.165, 1.54) is 11.1 Å². The monoisotopic (exact) mass is 360 g/mol. The van der Waals surface area contributed by atoms with Gasteiger partial charge in [0.1, 0.15) is 0 Å². The van der Waals surface area contributed by atoms with Crippen LogP contribution in [0.1, 0.15) is 46.7 Å². The van der Waals surface area contributed by atoms with E-state index in [0.717, 1.165) is 57.5 Å². The molecule has 2 aliphatic heterocycles. The molecular formula is C24H28N2O. The maximum Gasteiger partial charge on any atom is 0.164 e. The Kier molecular flexibility index (Phi) is 4.37. The van der Waals surface area contributed by atoms with Gasteiger partial charge in [-0.3, -0.25) is 4.79 Å². The molecule has 0 amide bonds.